The number of nitrogens with one attached hydrogen (secondary N) is 3. The van der Waals surface area contributed by atoms with Crippen LogP contribution >= 0.6 is 0 Å². The maximum absolute atomic E-state index is 11.6. The number of hydrogen-bond donors (Lipinski definition) is 3. The van der Waals surface area contributed by atoms with Gasteiger partial charge in [-0.1, -0.05) is 6.07 Å². The molecule has 3 N–H and O–H groups in total. The lowest BCUT2D eigenvalue weighted by atomic mass is 10.2. The molecule has 7 nitrogen and oxygen atoms in total. The molecular weight excluding hydrogens is 292 g/mol. The number of sulfonamides is 1. The predicted molar refractivity (Wildman–Crippen MR) is 78.4 cm³/mol. The Balaban J connectivity index is 1.78. The molecule has 0 unspecified atom stereocenters. The molecular formula is C13H14N4O3S. The van der Waals surface area contributed by atoms with E-state index in [2.05, 4.69) is 20.2 Å². The molecule has 0 saturated carbocycles. The minimum atomic E-state index is -3.55. The number of nitrogens with zero attached hydrogens (tertiary/aromatic N) is 1. The van der Waals surface area contributed by atoms with E-state index in [4.69, 9.17) is 4.42 Å². The van der Waals surface area contributed by atoms with Crippen LogP contribution in [0.15, 0.2) is 46.0 Å². The Labute approximate surface area is 121 Å². The fourth-order valence-electron chi connectivity index (χ4n) is 2.00. The SMILES string of the molecule is CNS(=O)(=O)c1ccc(CNc2cccc3[nH]ncc23)o1. The Morgan fingerprint density at radius 2 is 2.14 bits per heavy atom. The van der Waals surface area contributed by atoms with Gasteiger partial charge >= 0.3 is 0 Å². The van der Waals surface area contributed by atoms with Gasteiger partial charge in [0.15, 0.2) is 0 Å². The average molecular weight is 306 g/mol. The average Bonchev–Trinajstić information content (AvgIpc) is 3.14. The van der Waals surface area contributed by atoms with Crippen molar-refractivity contribution in [3.63, 3.8) is 0 Å². The van der Waals surface area contributed by atoms with Crippen molar-refractivity contribution >= 4 is 26.6 Å². The first-order chi connectivity index (χ1) is 10.1. The molecule has 0 aliphatic carbocycles. The highest BCUT2D eigenvalue weighted by atomic mass is 32.2. The van der Waals surface area contributed by atoms with Gasteiger partial charge in [0.05, 0.1) is 18.3 Å². The molecule has 0 radical (unpaired) electrons. The summed E-state index contributed by atoms with van der Waals surface area (Å²) in [6.45, 7) is 0.378. The zero-order valence-electron chi connectivity index (χ0n) is 11.3. The molecule has 0 saturated heterocycles. The lowest BCUT2D eigenvalue weighted by molar-refractivity contribution is 0.417. The van der Waals surface area contributed by atoms with Crippen molar-refractivity contribution in [3.05, 3.63) is 42.3 Å². The highest BCUT2D eigenvalue weighted by Crippen LogP contribution is 2.22. The van der Waals surface area contributed by atoms with Gasteiger partial charge in [-0.3, -0.25) is 5.10 Å². The van der Waals surface area contributed by atoms with Crippen LogP contribution in [0, 0.1) is 0 Å². The summed E-state index contributed by atoms with van der Waals surface area (Å²) in [7, 11) is -2.20. The van der Waals surface area contributed by atoms with Crippen LogP contribution in [0.1, 0.15) is 5.76 Å². The Kier molecular flexibility index (Phi) is 3.40. The van der Waals surface area contributed by atoms with Crippen LogP contribution in [-0.4, -0.2) is 25.7 Å². The quantitative estimate of drug-likeness (QED) is 0.666. The number of benzene rings is 1. The molecule has 0 aliphatic heterocycles. The van der Waals surface area contributed by atoms with Crippen molar-refractivity contribution in [2.75, 3.05) is 12.4 Å². The molecule has 3 rings (SSSR count). The highest BCUT2D eigenvalue weighted by Gasteiger charge is 2.16. The molecule has 3 aromatic rings. The smallest absolute Gasteiger partial charge is 0.273 e. The monoisotopic (exact) mass is 306 g/mol. The second kappa shape index (κ2) is 5.23. The van der Waals surface area contributed by atoms with Crippen molar-refractivity contribution in [2.45, 2.75) is 11.6 Å². The highest BCUT2D eigenvalue weighted by molar-refractivity contribution is 7.89. The molecule has 1 aromatic carbocycles. The zero-order valence-corrected chi connectivity index (χ0v) is 12.1. The van der Waals surface area contributed by atoms with Crippen molar-refractivity contribution in [2.24, 2.45) is 0 Å². The Morgan fingerprint density at radius 3 is 2.95 bits per heavy atom. The molecule has 2 heterocycles. The summed E-state index contributed by atoms with van der Waals surface area (Å²) in [5, 5.41) is 11.0. The number of furan rings is 1. The summed E-state index contributed by atoms with van der Waals surface area (Å²) in [4.78, 5) is 0. The standard InChI is InChI=1S/C13H14N4O3S/c1-14-21(18,19)13-6-5-9(20-13)7-15-11-3-2-4-12-10(11)8-16-17-12/h2-6,8,14-15H,7H2,1H3,(H,16,17). The van der Waals surface area contributed by atoms with Crippen LogP contribution in [0.2, 0.25) is 0 Å². The maximum atomic E-state index is 11.6. The summed E-state index contributed by atoms with van der Waals surface area (Å²) in [6, 6.07) is 8.82. The molecule has 110 valence electrons. The van der Waals surface area contributed by atoms with Gasteiger partial charge in [0.25, 0.3) is 10.0 Å². The molecule has 8 heteroatoms. The maximum Gasteiger partial charge on any atom is 0.273 e. The fraction of sp³-hybridized carbons (Fsp3) is 0.154. The summed E-state index contributed by atoms with van der Waals surface area (Å²) in [5.74, 6) is 0.532. The molecule has 0 aliphatic rings. The van der Waals surface area contributed by atoms with E-state index in [-0.39, 0.29) is 5.09 Å². The molecule has 0 bridgehead atoms. The largest absolute Gasteiger partial charge is 0.446 e. The van der Waals surface area contributed by atoms with Gasteiger partial charge in [-0.25, -0.2) is 13.1 Å². The lowest BCUT2D eigenvalue weighted by Crippen LogP contribution is -2.17. The second-order valence-corrected chi connectivity index (χ2v) is 6.24. The van der Waals surface area contributed by atoms with E-state index < -0.39 is 10.0 Å². The van der Waals surface area contributed by atoms with E-state index in [1.807, 2.05) is 18.2 Å². The molecule has 2 aromatic heterocycles. The fourth-order valence-corrected chi connectivity index (χ4v) is 2.67. The van der Waals surface area contributed by atoms with E-state index in [1.54, 1.807) is 12.3 Å². The summed E-state index contributed by atoms with van der Waals surface area (Å²) < 4.78 is 30.7. The Bertz CT molecular complexity index is 866. The van der Waals surface area contributed by atoms with Crippen molar-refractivity contribution in [1.29, 1.82) is 0 Å². The van der Waals surface area contributed by atoms with Gasteiger partial charge in [0.1, 0.15) is 5.76 Å². The summed E-state index contributed by atoms with van der Waals surface area (Å²) in [5.41, 5.74) is 1.83. The first-order valence-corrected chi connectivity index (χ1v) is 7.77. The number of anilines is 1. The molecule has 0 spiro atoms. The summed E-state index contributed by atoms with van der Waals surface area (Å²) >= 11 is 0. The van der Waals surface area contributed by atoms with Crippen molar-refractivity contribution in [3.8, 4) is 0 Å². The number of hydrogen-bond acceptors (Lipinski definition) is 5. The van der Waals surface area contributed by atoms with Crippen molar-refractivity contribution in [1.82, 2.24) is 14.9 Å². The molecule has 0 amide bonds. The zero-order chi connectivity index (χ0) is 14.9. The second-order valence-electron chi connectivity index (χ2n) is 4.42. The first kappa shape index (κ1) is 13.7. The van der Waals surface area contributed by atoms with Crippen molar-refractivity contribution < 1.29 is 12.8 Å². The Morgan fingerprint density at radius 1 is 1.29 bits per heavy atom. The normalized spacial score (nSPS) is 11.9. The Hall–Kier alpha value is -2.32. The minimum Gasteiger partial charge on any atom is -0.446 e. The number of aromatic nitrogens is 2. The van der Waals surface area contributed by atoms with Gasteiger partial charge in [-0.05, 0) is 31.3 Å². The van der Waals surface area contributed by atoms with Gasteiger partial charge in [0.2, 0.25) is 5.09 Å². The molecule has 0 fully saturated rings. The summed E-state index contributed by atoms with van der Waals surface area (Å²) in [6.07, 6.45) is 1.73. The number of H-pyrrole nitrogens is 1. The third-order valence-corrected chi connectivity index (χ3v) is 4.40. The van der Waals surface area contributed by atoms with Gasteiger partial charge in [-0.2, -0.15) is 5.10 Å². The van der Waals surface area contributed by atoms with E-state index in [9.17, 15) is 8.42 Å². The predicted octanol–water partition coefficient (Wildman–Crippen LogP) is 1.68. The number of aromatic amines is 1. The topological polar surface area (TPSA) is 100 Å². The van der Waals surface area contributed by atoms with Crippen LogP contribution < -0.4 is 10.0 Å². The van der Waals surface area contributed by atoms with Gasteiger partial charge < -0.3 is 9.73 Å². The third-order valence-electron chi connectivity index (χ3n) is 3.11. The molecule has 21 heavy (non-hydrogen) atoms. The third kappa shape index (κ3) is 2.63. The van der Waals surface area contributed by atoms with Crippen LogP contribution in [0.5, 0.6) is 0 Å². The van der Waals surface area contributed by atoms with Gasteiger partial charge in [0, 0.05) is 11.1 Å². The molecule has 0 atom stereocenters. The lowest BCUT2D eigenvalue weighted by Gasteiger charge is -2.05. The van der Waals surface area contributed by atoms with Crippen LogP contribution in [0.3, 0.4) is 0 Å². The first-order valence-electron chi connectivity index (χ1n) is 6.28. The van der Waals surface area contributed by atoms with E-state index in [0.29, 0.717) is 12.3 Å². The minimum absolute atomic E-state index is 0.0941. The number of rotatable bonds is 5. The number of fused-ring (bicyclic) bond motifs is 1. The van der Waals surface area contributed by atoms with Gasteiger partial charge in [-0.15, -0.1) is 0 Å². The van der Waals surface area contributed by atoms with E-state index in [1.165, 1.54) is 13.1 Å². The van der Waals surface area contributed by atoms with E-state index >= 15 is 0 Å². The van der Waals surface area contributed by atoms with Crippen LogP contribution in [0.4, 0.5) is 5.69 Å². The van der Waals surface area contributed by atoms with Crippen LogP contribution in [0.25, 0.3) is 10.9 Å². The van der Waals surface area contributed by atoms with Crippen LogP contribution in [-0.2, 0) is 16.6 Å². The van der Waals surface area contributed by atoms with E-state index in [0.717, 1.165) is 16.6 Å².